The summed E-state index contributed by atoms with van der Waals surface area (Å²) in [5.74, 6) is 0.799. The number of methoxy groups -OCH3 is 1. The molecule has 0 atom stereocenters. The number of carbonyl (C=O) groups excluding carboxylic acids is 1. The van der Waals surface area contributed by atoms with Gasteiger partial charge in [0.05, 0.1) is 7.11 Å². The molecule has 25 heavy (non-hydrogen) atoms. The second-order valence-corrected chi connectivity index (χ2v) is 5.09. The molecule has 0 heterocycles. The van der Waals surface area contributed by atoms with Crippen LogP contribution in [0, 0.1) is 5.82 Å². The summed E-state index contributed by atoms with van der Waals surface area (Å²) < 4.78 is 28.7. The van der Waals surface area contributed by atoms with Gasteiger partial charge >= 0.3 is 6.09 Å². The van der Waals surface area contributed by atoms with Crippen LogP contribution in [0.3, 0.4) is 0 Å². The summed E-state index contributed by atoms with van der Waals surface area (Å²) in [6.07, 6.45) is 1.91. The number of rotatable bonds is 8. The van der Waals surface area contributed by atoms with E-state index in [1.165, 1.54) is 24.3 Å². The van der Waals surface area contributed by atoms with Gasteiger partial charge in [-0.15, -0.1) is 6.58 Å². The fourth-order valence-corrected chi connectivity index (χ4v) is 2.10. The van der Waals surface area contributed by atoms with Crippen molar-refractivity contribution >= 4 is 11.8 Å². The van der Waals surface area contributed by atoms with Crippen LogP contribution in [-0.2, 0) is 11.2 Å². The molecule has 0 fully saturated rings. The molecule has 0 saturated carbocycles. The molecule has 132 valence electrons. The summed E-state index contributed by atoms with van der Waals surface area (Å²) in [5.41, 5.74) is 1.51. The van der Waals surface area contributed by atoms with E-state index in [4.69, 9.17) is 14.2 Å². The molecule has 0 aliphatic carbocycles. The van der Waals surface area contributed by atoms with Gasteiger partial charge in [-0.1, -0.05) is 12.1 Å². The molecule has 2 rings (SSSR count). The number of allylic oxidation sites excluding steroid dienone is 1. The molecule has 1 amide bonds. The minimum absolute atomic E-state index is 0.0601. The van der Waals surface area contributed by atoms with E-state index in [1.807, 2.05) is 18.2 Å². The number of hydrogen-bond acceptors (Lipinski definition) is 4. The van der Waals surface area contributed by atoms with Gasteiger partial charge in [0.2, 0.25) is 0 Å². The van der Waals surface area contributed by atoms with Crippen molar-refractivity contribution in [1.82, 2.24) is 0 Å². The molecular weight excluding hydrogens is 325 g/mol. The Bertz CT molecular complexity index is 716. The van der Waals surface area contributed by atoms with Gasteiger partial charge in [-0.25, -0.2) is 9.18 Å². The Morgan fingerprint density at radius 1 is 1.16 bits per heavy atom. The number of anilines is 1. The third kappa shape index (κ3) is 5.84. The second kappa shape index (κ2) is 9.32. The van der Waals surface area contributed by atoms with Gasteiger partial charge in [-0.05, 0) is 48.4 Å². The molecule has 0 bridgehead atoms. The van der Waals surface area contributed by atoms with Crippen molar-refractivity contribution in [2.24, 2.45) is 0 Å². The highest BCUT2D eigenvalue weighted by molar-refractivity contribution is 5.84. The van der Waals surface area contributed by atoms with Crippen LogP contribution in [0.25, 0.3) is 0 Å². The van der Waals surface area contributed by atoms with Gasteiger partial charge in [-0.2, -0.15) is 0 Å². The van der Waals surface area contributed by atoms with Crippen molar-refractivity contribution < 1.29 is 23.4 Å². The van der Waals surface area contributed by atoms with Crippen molar-refractivity contribution in [2.45, 2.75) is 6.42 Å². The van der Waals surface area contributed by atoms with E-state index >= 15 is 0 Å². The van der Waals surface area contributed by atoms with Crippen molar-refractivity contribution in [2.75, 3.05) is 25.6 Å². The normalized spacial score (nSPS) is 10.0. The summed E-state index contributed by atoms with van der Waals surface area (Å²) in [7, 11) is 1.56. The fourth-order valence-electron chi connectivity index (χ4n) is 2.10. The van der Waals surface area contributed by atoms with E-state index in [2.05, 4.69) is 11.9 Å². The Labute approximate surface area is 146 Å². The SMILES string of the molecule is C=CCc1ccc(OCCOC(=O)Nc2ccc(F)cc2)c(OC)c1. The van der Waals surface area contributed by atoms with Crippen molar-refractivity contribution in [3.63, 3.8) is 0 Å². The molecule has 0 unspecified atom stereocenters. The number of carbonyl (C=O) groups is 1. The standard InChI is InChI=1S/C19H20FNO4/c1-3-4-14-5-10-17(18(13-14)23-2)24-11-12-25-19(22)21-16-8-6-15(20)7-9-16/h3,5-10,13H,1,4,11-12H2,2H3,(H,21,22). The Morgan fingerprint density at radius 2 is 1.92 bits per heavy atom. The fraction of sp³-hybridized carbons (Fsp3) is 0.211. The van der Waals surface area contributed by atoms with Crippen LogP contribution in [0.15, 0.2) is 55.1 Å². The number of amides is 1. The van der Waals surface area contributed by atoms with Crippen molar-refractivity contribution in [3.05, 3.63) is 66.5 Å². The summed E-state index contributed by atoms with van der Waals surface area (Å²) in [4.78, 5) is 11.6. The van der Waals surface area contributed by atoms with E-state index in [9.17, 15) is 9.18 Å². The Kier molecular flexibility index (Phi) is 6.83. The zero-order valence-electron chi connectivity index (χ0n) is 14.0. The predicted octanol–water partition coefficient (Wildman–Crippen LogP) is 4.19. The first-order valence-corrected chi connectivity index (χ1v) is 7.72. The van der Waals surface area contributed by atoms with Crippen LogP contribution in [0.4, 0.5) is 14.9 Å². The van der Waals surface area contributed by atoms with E-state index in [1.54, 1.807) is 13.2 Å². The summed E-state index contributed by atoms with van der Waals surface area (Å²) in [6, 6.07) is 11.0. The topological polar surface area (TPSA) is 56.8 Å². The molecule has 0 radical (unpaired) electrons. The maximum Gasteiger partial charge on any atom is 0.411 e. The molecule has 5 nitrogen and oxygen atoms in total. The summed E-state index contributed by atoms with van der Waals surface area (Å²) in [6.45, 7) is 3.93. The molecule has 0 aromatic heterocycles. The predicted molar refractivity (Wildman–Crippen MR) is 93.8 cm³/mol. The molecular formula is C19H20FNO4. The zero-order chi connectivity index (χ0) is 18.1. The third-order valence-corrected chi connectivity index (χ3v) is 3.27. The van der Waals surface area contributed by atoms with Crippen molar-refractivity contribution in [1.29, 1.82) is 0 Å². The number of ether oxygens (including phenoxy) is 3. The van der Waals surface area contributed by atoms with Gasteiger partial charge in [0, 0.05) is 5.69 Å². The lowest BCUT2D eigenvalue weighted by atomic mass is 10.1. The lowest BCUT2D eigenvalue weighted by Gasteiger charge is -2.12. The van der Waals surface area contributed by atoms with E-state index in [0.717, 1.165) is 12.0 Å². The number of nitrogens with one attached hydrogen (secondary N) is 1. The average molecular weight is 345 g/mol. The van der Waals surface area contributed by atoms with Crippen LogP contribution >= 0.6 is 0 Å². The van der Waals surface area contributed by atoms with Crippen LogP contribution < -0.4 is 14.8 Å². The van der Waals surface area contributed by atoms with Crippen molar-refractivity contribution in [3.8, 4) is 11.5 Å². The van der Waals surface area contributed by atoms with Gasteiger partial charge in [0.25, 0.3) is 0 Å². The van der Waals surface area contributed by atoms with Gasteiger partial charge in [-0.3, -0.25) is 5.32 Å². The van der Waals surface area contributed by atoms with E-state index in [-0.39, 0.29) is 19.0 Å². The molecule has 6 heteroatoms. The minimum Gasteiger partial charge on any atom is -0.493 e. The average Bonchev–Trinajstić information content (AvgIpc) is 2.61. The molecule has 0 saturated heterocycles. The Morgan fingerprint density at radius 3 is 2.60 bits per heavy atom. The first-order valence-electron chi connectivity index (χ1n) is 7.72. The highest BCUT2D eigenvalue weighted by Crippen LogP contribution is 2.28. The first kappa shape index (κ1) is 18.3. The van der Waals surface area contributed by atoms with Crippen LogP contribution in [0.1, 0.15) is 5.56 Å². The Balaban J connectivity index is 1.77. The molecule has 0 spiro atoms. The van der Waals surface area contributed by atoms with Gasteiger partial charge in [0.1, 0.15) is 19.0 Å². The van der Waals surface area contributed by atoms with Gasteiger partial charge in [0.15, 0.2) is 11.5 Å². The molecule has 0 aliphatic heterocycles. The molecule has 1 N–H and O–H groups in total. The number of halogens is 1. The summed E-state index contributed by atoms with van der Waals surface area (Å²) in [5, 5.41) is 2.49. The largest absolute Gasteiger partial charge is 0.493 e. The lowest BCUT2D eigenvalue weighted by molar-refractivity contribution is 0.136. The lowest BCUT2D eigenvalue weighted by Crippen LogP contribution is -2.17. The van der Waals surface area contributed by atoms with E-state index in [0.29, 0.717) is 17.2 Å². The molecule has 0 aliphatic rings. The first-order chi connectivity index (χ1) is 12.1. The summed E-state index contributed by atoms with van der Waals surface area (Å²) >= 11 is 0. The highest BCUT2D eigenvalue weighted by atomic mass is 19.1. The van der Waals surface area contributed by atoms with Crippen LogP contribution in [0.2, 0.25) is 0 Å². The number of benzene rings is 2. The molecule has 2 aromatic carbocycles. The van der Waals surface area contributed by atoms with Crippen LogP contribution in [0.5, 0.6) is 11.5 Å². The quantitative estimate of drug-likeness (QED) is 0.576. The monoisotopic (exact) mass is 345 g/mol. The van der Waals surface area contributed by atoms with Gasteiger partial charge < -0.3 is 14.2 Å². The number of hydrogen-bond donors (Lipinski definition) is 1. The smallest absolute Gasteiger partial charge is 0.411 e. The maximum atomic E-state index is 12.8. The van der Waals surface area contributed by atoms with Crippen LogP contribution in [-0.4, -0.2) is 26.4 Å². The highest BCUT2D eigenvalue weighted by Gasteiger charge is 2.07. The zero-order valence-corrected chi connectivity index (χ0v) is 14.0. The van der Waals surface area contributed by atoms with E-state index < -0.39 is 6.09 Å². The third-order valence-electron chi connectivity index (χ3n) is 3.27. The Hall–Kier alpha value is -3.02. The maximum absolute atomic E-state index is 12.8. The minimum atomic E-state index is -0.636. The molecule has 2 aromatic rings. The second-order valence-electron chi connectivity index (χ2n) is 5.09.